The fourth-order valence-corrected chi connectivity index (χ4v) is 5.87. The summed E-state index contributed by atoms with van der Waals surface area (Å²) < 4.78 is 0. The van der Waals surface area contributed by atoms with Crippen molar-refractivity contribution in [3.05, 3.63) is 0 Å². The number of carboxylic acid groups (broad SMARTS) is 2. The maximum atomic E-state index is 12.7. The molecule has 4 atom stereocenters. The van der Waals surface area contributed by atoms with Gasteiger partial charge < -0.3 is 10.2 Å². The summed E-state index contributed by atoms with van der Waals surface area (Å²) in [6, 6.07) is 0. The van der Waals surface area contributed by atoms with E-state index in [2.05, 4.69) is 41.5 Å². The fraction of sp³-hybridized carbons (Fsp3) is 0.923. The molecular weight excluding hydrogens is 376 g/mol. The van der Waals surface area contributed by atoms with Crippen molar-refractivity contribution < 1.29 is 19.8 Å². The lowest BCUT2D eigenvalue weighted by Crippen LogP contribution is -2.56. The Morgan fingerprint density at radius 3 is 1.27 bits per heavy atom. The van der Waals surface area contributed by atoms with Gasteiger partial charge >= 0.3 is 11.9 Å². The molecule has 176 valence electrons. The largest absolute Gasteiger partial charge is 0.481 e. The van der Waals surface area contributed by atoms with Crippen LogP contribution in [-0.4, -0.2) is 22.2 Å². The molecule has 0 saturated heterocycles. The molecule has 30 heavy (non-hydrogen) atoms. The molecular formula is C26H48O4. The molecule has 0 aromatic rings. The highest BCUT2D eigenvalue weighted by molar-refractivity contribution is 5.87. The van der Waals surface area contributed by atoms with Crippen LogP contribution in [-0.2, 0) is 9.59 Å². The topological polar surface area (TPSA) is 74.6 Å². The summed E-state index contributed by atoms with van der Waals surface area (Å²) in [7, 11) is 0. The van der Waals surface area contributed by atoms with Gasteiger partial charge in [0.2, 0.25) is 0 Å². The van der Waals surface area contributed by atoms with Gasteiger partial charge in [-0.2, -0.15) is 0 Å². The Morgan fingerprint density at radius 1 is 0.667 bits per heavy atom. The molecule has 0 heterocycles. The second-order valence-corrected chi connectivity index (χ2v) is 11.2. The van der Waals surface area contributed by atoms with Crippen LogP contribution in [0.15, 0.2) is 0 Å². The quantitative estimate of drug-likeness (QED) is 0.304. The van der Waals surface area contributed by atoms with Crippen LogP contribution >= 0.6 is 0 Å². The molecule has 4 heteroatoms. The highest BCUT2D eigenvalue weighted by atomic mass is 16.4. The zero-order valence-electron chi connectivity index (χ0n) is 20.5. The summed E-state index contributed by atoms with van der Waals surface area (Å²) in [6.07, 6.45) is 10.0. The average Bonchev–Trinajstić information content (AvgIpc) is 2.62. The number of carbonyl (C=O) groups is 2. The van der Waals surface area contributed by atoms with Crippen LogP contribution in [0.1, 0.15) is 119 Å². The summed E-state index contributed by atoms with van der Waals surface area (Å²) in [5.74, 6) is -0.0135. The van der Waals surface area contributed by atoms with Gasteiger partial charge in [0.15, 0.2) is 0 Å². The SMILES string of the molecule is CC(C)CCCC(C)CC1(C(=O)O)CCCCC1(CC(C)CCCC(C)C)C(=O)O. The molecule has 4 nitrogen and oxygen atoms in total. The van der Waals surface area contributed by atoms with E-state index < -0.39 is 22.8 Å². The molecule has 0 bridgehead atoms. The standard InChI is InChI=1S/C26H48O4/c1-19(2)11-9-13-21(5)17-25(23(27)28)15-7-8-16-26(25,24(29)30)18-22(6)14-10-12-20(3)4/h19-22H,7-18H2,1-6H3,(H,27,28)(H,29,30). The van der Waals surface area contributed by atoms with Crippen LogP contribution in [0.5, 0.6) is 0 Å². The Bertz CT molecular complexity index is 493. The number of carboxylic acids is 2. The second kappa shape index (κ2) is 12.1. The molecule has 1 rings (SSSR count). The van der Waals surface area contributed by atoms with E-state index in [1.165, 1.54) is 0 Å². The molecule has 1 aliphatic rings. The summed E-state index contributed by atoms with van der Waals surface area (Å²) in [4.78, 5) is 25.5. The summed E-state index contributed by atoms with van der Waals surface area (Å²) in [6.45, 7) is 13.1. The first kappa shape index (κ1) is 27.0. The molecule has 0 radical (unpaired) electrons. The Kier molecular flexibility index (Phi) is 10.9. The van der Waals surface area contributed by atoms with E-state index in [-0.39, 0.29) is 11.8 Å². The molecule has 4 unspecified atom stereocenters. The van der Waals surface area contributed by atoms with E-state index in [0.717, 1.165) is 51.4 Å². The molecule has 0 spiro atoms. The third-order valence-electron chi connectivity index (χ3n) is 7.54. The lowest BCUT2D eigenvalue weighted by Gasteiger charge is -2.50. The predicted molar refractivity (Wildman–Crippen MR) is 124 cm³/mol. The number of hydrogen-bond donors (Lipinski definition) is 2. The monoisotopic (exact) mass is 424 g/mol. The van der Waals surface area contributed by atoms with Gasteiger partial charge in [-0.3, -0.25) is 9.59 Å². The zero-order chi connectivity index (χ0) is 22.9. The highest BCUT2D eigenvalue weighted by Gasteiger charge is 2.62. The lowest BCUT2D eigenvalue weighted by molar-refractivity contribution is -0.185. The van der Waals surface area contributed by atoms with E-state index in [4.69, 9.17) is 0 Å². The van der Waals surface area contributed by atoms with Crippen molar-refractivity contribution in [3.8, 4) is 0 Å². The van der Waals surface area contributed by atoms with Crippen molar-refractivity contribution in [1.29, 1.82) is 0 Å². The summed E-state index contributed by atoms with van der Waals surface area (Å²) in [5, 5.41) is 20.9. The van der Waals surface area contributed by atoms with Crippen molar-refractivity contribution >= 4 is 11.9 Å². The van der Waals surface area contributed by atoms with Gasteiger partial charge in [0.25, 0.3) is 0 Å². The van der Waals surface area contributed by atoms with Crippen LogP contribution < -0.4 is 0 Å². The van der Waals surface area contributed by atoms with Gasteiger partial charge in [-0.05, 0) is 49.4 Å². The molecule has 1 fully saturated rings. The van der Waals surface area contributed by atoms with Gasteiger partial charge in [-0.15, -0.1) is 0 Å². The average molecular weight is 425 g/mol. The highest BCUT2D eigenvalue weighted by Crippen LogP contribution is 2.58. The minimum absolute atomic E-state index is 0.230. The summed E-state index contributed by atoms with van der Waals surface area (Å²) in [5.41, 5.74) is -2.28. The molecule has 1 saturated carbocycles. The Balaban J connectivity index is 3.08. The maximum absolute atomic E-state index is 12.7. The third kappa shape index (κ3) is 6.99. The van der Waals surface area contributed by atoms with Gasteiger partial charge in [0, 0.05) is 0 Å². The van der Waals surface area contributed by atoms with Crippen molar-refractivity contribution in [2.24, 2.45) is 34.5 Å². The summed E-state index contributed by atoms with van der Waals surface area (Å²) >= 11 is 0. The number of hydrogen-bond acceptors (Lipinski definition) is 2. The molecule has 2 N–H and O–H groups in total. The minimum atomic E-state index is -1.14. The Hall–Kier alpha value is -1.06. The molecule has 0 aliphatic heterocycles. The molecule has 1 aliphatic carbocycles. The first-order valence-corrected chi connectivity index (χ1v) is 12.4. The van der Waals surface area contributed by atoms with Crippen LogP contribution in [0, 0.1) is 34.5 Å². The fourth-order valence-electron chi connectivity index (χ4n) is 5.87. The molecule has 0 aromatic heterocycles. The minimum Gasteiger partial charge on any atom is -0.481 e. The second-order valence-electron chi connectivity index (χ2n) is 11.2. The van der Waals surface area contributed by atoms with E-state index in [9.17, 15) is 19.8 Å². The third-order valence-corrected chi connectivity index (χ3v) is 7.54. The first-order chi connectivity index (χ1) is 14.0. The maximum Gasteiger partial charge on any atom is 0.310 e. The zero-order valence-corrected chi connectivity index (χ0v) is 20.5. The van der Waals surface area contributed by atoms with Crippen LogP contribution in [0.3, 0.4) is 0 Å². The Labute approximate surface area is 185 Å². The normalized spacial score (nSPS) is 26.7. The smallest absolute Gasteiger partial charge is 0.310 e. The van der Waals surface area contributed by atoms with Crippen LogP contribution in [0.25, 0.3) is 0 Å². The van der Waals surface area contributed by atoms with E-state index in [0.29, 0.717) is 37.5 Å². The lowest BCUT2D eigenvalue weighted by atomic mass is 9.50. The van der Waals surface area contributed by atoms with Crippen molar-refractivity contribution in [2.45, 2.75) is 119 Å². The number of rotatable bonds is 14. The van der Waals surface area contributed by atoms with Crippen LogP contribution in [0.2, 0.25) is 0 Å². The predicted octanol–water partition coefficient (Wildman–Crippen LogP) is 7.41. The van der Waals surface area contributed by atoms with E-state index >= 15 is 0 Å². The Morgan fingerprint density at radius 2 is 1.00 bits per heavy atom. The van der Waals surface area contributed by atoms with Crippen molar-refractivity contribution in [2.75, 3.05) is 0 Å². The first-order valence-electron chi connectivity index (χ1n) is 12.4. The van der Waals surface area contributed by atoms with Crippen LogP contribution in [0.4, 0.5) is 0 Å². The molecule has 0 amide bonds. The van der Waals surface area contributed by atoms with E-state index in [1.807, 2.05) is 0 Å². The van der Waals surface area contributed by atoms with E-state index in [1.54, 1.807) is 0 Å². The van der Waals surface area contributed by atoms with Gasteiger partial charge in [0.1, 0.15) is 0 Å². The number of aliphatic carboxylic acids is 2. The van der Waals surface area contributed by atoms with Gasteiger partial charge in [-0.25, -0.2) is 0 Å². The van der Waals surface area contributed by atoms with Crippen molar-refractivity contribution in [3.63, 3.8) is 0 Å². The molecule has 0 aromatic carbocycles. The van der Waals surface area contributed by atoms with Gasteiger partial charge in [0.05, 0.1) is 10.8 Å². The van der Waals surface area contributed by atoms with Crippen molar-refractivity contribution in [1.82, 2.24) is 0 Å². The van der Waals surface area contributed by atoms with Gasteiger partial charge in [-0.1, -0.05) is 92.9 Å².